The molecule has 6 nitrogen and oxygen atoms in total. The molecule has 4 rings (SSSR count). The maximum atomic E-state index is 13.3. The van der Waals surface area contributed by atoms with Gasteiger partial charge in [0.15, 0.2) is 0 Å². The van der Waals surface area contributed by atoms with Crippen molar-refractivity contribution >= 4 is 18.3 Å². The van der Waals surface area contributed by atoms with Gasteiger partial charge in [-0.2, -0.15) is 0 Å². The van der Waals surface area contributed by atoms with E-state index in [-0.39, 0.29) is 30.4 Å². The number of rotatable bonds is 6. The molecular formula is C23H31ClN4O2. The van der Waals surface area contributed by atoms with Crippen molar-refractivity contribution in [2.75, 3.05) is 39.3 Å². The molecule has 2 fully saturated rings. The highest BCUT2D eigenvalue weighted by atomic mass is 35.5. The maximum absolute atomic E-state index is 13.3. The van der Waals surface area contributed by atoms with Gasteiger partial charge in [0.2, 0.25) is 5.91 Å². The smallest absolute Gasteiger partial charge is 0.237 e. The van der Waals surface area contributed by atoms with Crippen molar-refractivity contribution in [2.45, 2.75) is 31.8 Å². The standard InChI is InChI=1S/C23H30N4O2.ClH/c1-2-29-20-9-7-18(8-10-20)21-6-4-13-27(21)23(28)17-26-14-12-25-16-22(26)19-5-3-11-24-15-19;/h3,5,7-11,15,21-22,25H,2,4,6,12-14,16-17H2,1H3;1H. The molecule has 1 aromatic carbocycles. The van der Waals surface area contributed by atoms with Gasteiger partial charge in [-0.25, -0.2) is 0 Å². The Balaban J connectivity index is 0.00000256. The van der Waals surface area contributed by atoms with Gasteiger partial charge in [0.25, 0.3) is 0 Å². The van der Waals surface area contributed by atoms with Crippen LogP contribution in [0.15, 0.2) is 48.8 Å². The van der Waals surface area contributed by atoms with Gasteiger partial charge in [-0.3, -0.25) is 14.7 Å². The van der Waals surface area contributed by atoms with Crippen LogP contribution in [0.25, 0.3) is 0 Å². The van der Waals surface area contributed by atoms with Crippen LogP contribution < -0.4 is 10.1 Å². The fourth-order valence-electron chi connectivity index (χ4n) is 4.47. The number of pyridine rings is 1. The Bertz CT molecular complexity index is 803. The fraction of sp³-hybridized carbons (Fsp3) is 0.478. The second-order valence-corrected chi connectivity index (χ2v) is 7.72. The molecule has 3 heterocycles. The molecule has 1 aromatic heterocycles. The zero-order chi connectivity index (χ0) is 20.1. The molecule has 30 heavy (non-hydrogen) atoms. The van der Waals surface area contributed by atoms with Crippen LogP contribution in [0.3, 0.4) is 0 Å². The van der Waals surface area contributed by atoms with E-state index in [2.05, 4.69) is 38.3 Å². The molecule has 0 saturated carbocycles. The number of hydrogen-bond donors (Lipinski definition) is 1. The predicted octanol–water partition coefficient (Wildman–Crippen LogP) is 3.21. The number of carbonyl (C=O) groups is 1. The quantitative estimate of drug-likeness (QED) is 0.762. The molecule has 0 spiro atoms. The summed E-state index contributed by atoms with van der Waals surface area (Å²) in [6.07, 6.45) is 5.78. The lowest BCUT2D eigenvalue weighted by molar-refractivity contribution is -0.134. The Hall–Kier alpha value is -2.15. The summed E-state index contributed by atoms with van der Waals surface area (Å²) < 4.78 is 5.55. The van der Waals surface area contributed by atoms with Crippen LogP contribution in [0.2, 0.25) is 0 Å². The van der Waals surface area contributed by atoms with Gasteiger partial charge in [-0.05, 0) is 49.1 Å². The first-order chi connectivity index (χ1) is 14.3. The molecular weight excluding hydrogens is 400 g/mol. The lowest BCUT2D eigenvalue weighted by Crippen LogP contribution is -2.50. The summed E-state index contributed by atoms with van der Waals surface area (Å²) in [5.74, 6) is 1.10. The lowest BCUT2D eigenvalue weighted by atomic mass is 10.0. The van der Waals surface area contributed by atoms with E-state index >= 15 is 0 Å². The molecule has 2 aliphatic heterocycles. The van der Waals surface area contributed by atoms with Crippen LogP contribution in [-0.4, -0.2) is 60.0 Å². The molecule has 2 aromatic rings. The van der Waals surface area contributed by atoms with Crippen LogP contribution in [0.1, 0.15) is 43.0 Å². The normalized spacial score (nSPS) is 21.8. The maximum Gasteiger partial charge on any atom is 0.237 e. The van der Waals surface area contributed by atoms with Crippen LogP contribution in [-0.2, 0) is 4.79 Å². The van der Waals surface area contributed by atoms with Crippen LogP contribution >= 0.6 is 12.4 Å². The highest BCUT2D eigenvalue weighted by molar-refractivity contribution is 5.85. The molecule has 162 valence electrons. The Labute approximate surface area is 185 Å². The van der Waals surface area contributed by atoms with Gasteiger partial charge in [0, 0.05) is 44.6 Å². The van der Waals surface area contributed by atoms with E-state index < -0.39 is 0 Å². The van der Waals surface area contributed by atoms with Gasteiger partial charge in [0.1, 0.15) is 5.75 Å². The topological polar surface area (TPSA) is 57.7 Å². The fourth-order valence-corrected chi connectivity index (χ4v) is 4.47. The molecule has 2 aliphatic rings. The number of nitrogens with one attached hydrogen (secondary N) is 1. The highest BCUT2D eigenvalue weighted by Gasteiger charge is 2.33. The van der Waals surface area contributed by atoms with E-state index in [1.807, 2.05) is 31.3 Å². The Kier molecular flexibility index (Phi) is 8.08. The molecule has 7 heteroatoms. The number of aromatic nitrogens is 1. The number of carbonyl (C=O) groups excluding carboxylic acids is 1. The van der Waals surface area contributed by atoms with Crippen molar-refractivity contribution in [3.63, 3.8) is 0 Å². The number of halogens is 1. The number of ether oxygens (including phenoxy) is 1. The Morgan fingerprint density at radius 3 is 2.73 bits per heavy atom. The van der Waals surface area contributed by atoms with E-state index in [9.17, 15) is 4.79 Å². The first-order valence-electron chi connectivity index (χ1n) is 10.6. The van der Waals surface area contributed by atoms with Gasteiger partial charge in [0.05, 0.1) is 19.2 Å². The Morgan fingerprint density at radius 1 is 1.17 bits per heavy atom. The summed E-state index contributed by atoms with van der Waals surface area (Å²) in [4.78, 5) is 21.9. The molecule has 1 amide bonds. The minimum absolute atomic E-state index is 0. The molecule has 1 N–H and O–H groups in total. The highest BCUT2D eigenvalue weighted by Crippen LogP contribution is 2.33. The number of piperazine rings is 1. The molecule has 2 atom stereocenters. The third kappa shape index (κ3) is 5.12. The van der Waals surface area contributed by atoms with Crippen molar-refractivity contribution in [3.8, 4) is 5.75 Å². The van der Waals surface area contributed by atoms with E-state index in [0.29, 0.717) is 13.2 Å². The van der Waals surface area contributed by atoms with Crippen LogP contribution in [0, 0.1) is 0 Å². The number of likely N-dealkylation sites (tertiary alicyclic amines) is 1. The van der Waals surface area contributed by atoms with Gasteiger partial charge in [-0.1, -0.05) is 18.2 Å². The first kappa shape index (κ1) is 22.5. The van der Waals surface area contributed by atoms with Gasteiger partial charge < -0.3 is 15.0 Å². The second-order valence-electron chi connectivity index (χ2n) is 7.72. The molecule has 0 aliphatic carbocycles. The van der Waals surface area contributed by atoms with E-state index in [0.717, 1.165) is 50.3 Å². The van der Waals surface area contributed by atoms with Crippen molar-refractivity contribution in [3.05, 3.63) is 59.9 Å². The van der Waals surface area contributed by atoms with E-state index in [4.69, 9.17) is 4.74 Å². The SMILES string of the molecule is CCOc1ccc(C2CCCN2C(=O)CN2CCNCC2c2cccnc2)cc1.Cl. The molecule has 0 radical (unpaired) electrons. The minimum atomic E-state index is 0. The van der Waals surface area contributed by atoms with E-state index in [1.54, 1.807) is 6.20 Å². The van der Waals surface area contributed by atoms with Crippen molar-refractivity contribution in [1.29, 1.82) is 0 Å². The largest absolute Gasteiger partial charge is 0.494 e. The van der Waals surface area contributed by atoms with Crippen LogP contribution in [0.5, 0.6) is 5.75 Å². The summed E-state index contributed by atoms with van der Waals surface area (Å²) >= 11 is 0. The number of benzene rings is 1. The number of amides is 1. The summed E-state index contributed by atoms with van der Waals surface area (Å²) in [6.45, 7) is 6.56. The summed E-state index contributed by atoms with van der Waals surface area (Å²) in [5.41, 5.74) is 2.36. The van der Waals surface area contributed by atoms with Crippen molar-refractivity contribution in [2.24, 2.45) is 0 Å². The lowest BCUT2D eigenvalue weighted by Gasteiger charge is -2.37. The molecule has 2 saturated heterocycles. The number of hydrogen-bond acceptors (Lipinski definition) is 5. The average Bonchev–Trinajstić information content (AvgIpc) is 3.26. The second kappa shape index (κ2) is 10.8. The summed E-state index contributed by atoms with van der Waals surface area (Å²) in [6, 6.07) is 12.6. The van der Waals surface area contributed by atoms with Crippen molar-refractivity contribution in [1.82, 2.24) is 20.1 Å². The zero-order valence-electron chi connectivity index (χ0n) is 17.5. The van der Waals surface area contributed by atoms with Crippen molar-refractivity contribution < 1.29 is 9.53 Å². The van der Waals surface area contributed by atoms with E-state index in [1.165, 1.54) is 5.56 Å². The van der Waals surface area contributed by atoms with Crippen LogP contribution in [0.4, 0.5) is 0 Å². The predicted molar refractivity (Wildman–Crippen MR) is 120 cm³/mol. The minimum Gasteiger partial charge on any atom is -0.494 e. The zero-order valence-corrected chi connectivity index (χ0v) is 18.3. The van der Waals surface area contributed by atoms with Gasteiger partial charge >= 0.3 is 0 Å². The van der Waals surface area contributed by atoms with Gasteiger partial charge in [-0.15, -0.1) is 12.4 Å². The molecule has 0 bridgehead atoms. The summed E-state index contributed by atoms with van der Waals surface area (Å²) in [5, 5.41) is 3.45. The Morgan fingerprint density at radius 2 is 2.00 bits per heavy atom. The third-order valence-electron chi connectivity index (χ3n) is 5.91. The first-order valence-corrected chi connectivity index (χ1v) is 10.6. The summed E-state index contributed by atoms with van der Waals surface area (Å²) in [7, 11) is 0. The number of nitrogens with zero attached hydrogens (tertiary/aromatic N) is 3. The monoisotopic (exact) mass is 430 g/mol. The molecule has 2 unspecified atom stereocenters. The third-order valence-corrected chi connectivity index (χ3v) is 5.91. The average molecular weight is 431 g/mol.